The van der Waals surface area contributed by atoms with Crippen LogP contribution in [0.25, 0.3) is 5.65 Å². The molecule has 0 radical (unpaired) electrons. The predicted octanol–water partition coefficient (Wildman–Crippen LogP) is 2.88. The highest BCUT2D eigenvalue weighted by Crippen LogP contribution is 2.34. The van der Waals surface area contributed by atoms with Gasteiger partial charge in [0.2, 0.25) is 0 Å². The summed E-state index contributed by atoms with van der Waals surface area (Å²) in [5.74, 6) is 0.459. The summed E-state index contributed by atoms with van der Waals surface area (Å²) in [6, 6.07) is 5.69. The second-order valence-electron chi connectivity index (χ2n) is 7.01. The number of amides is 1. The van der Waals surface area contributed by atoms with E-state index in [2.05, 4.69) is 4.98 Å². The molecule has 1 aliphatic heterocycles. The van der Waals surface area contributed by atoms with Crippen LogP contribution in [0.1, 0.15) is 55.3 Å². The van der Waals surface area contributed by atoms with Crippen LogP contribution < -0.4 is 5.56 Å². The summed E-state index contributed by atoms with van der Waals surface area (Å²) >= 11 is 0. The molecule has 1 aliphatic carbocycles. The van der Waals surface area contributed by atoms with Crippen molar-refractivity contribution in [2.75, 3.05) is 6.54 Å². The average Bonchev–Trinajstić information content (AvgIpc) is 3.12. The molecule has 1 atom stereocenters. The fraction of sp³-hybridized carbons (Fsp3) is 0.526. The van der Waals surface area contributed by atoms with E-state index in [0.29, 0.717) is 17.6 Å². The number of rotatable bonds is 2. The Morgan fingerprint density at radius 1 is 1.08 bits per heavy atom. The van der Waals surface area contributed by atoms with Crippen LogP contribution in [0, 0.1) is 5.92 Å². The molecule has 0 aromatic carbocycles. The molecule has 2 aliphatic rings. The molecule has 1 saturated carbocycles. The van der Waals surface area contributed by atoms with E-state index in [1.165, 1.54) is 42.7 Å². The van der Waals surface area contributed by atoms with E-state index in [0.717, 1.165) is 19.4 Å². The SMILES string of the molecule is O=C(c1cnc2ccccn2c1=O)N1CCCC1C1CCCCC1. The molecule has 0 bridgehead atoms. The number of carbonyl (C=O) groups excluding carboxylic acids is 1. The molecule has 0 N–H and O–H groups in total. The molecule has 4 rings (SSSR count). The van der Waals surface area contributed by atoms with Gasteiger partial charge in [-0.2, -0.15) is 0 Å². The lowest BCUT2D eigenvalue weighted by atomic mass is 9.83. The van der Waals surface area contributed by atoms with Crippen molar-refractivity contribution >= 4 is 11.6 Å². The topological polar surface area (TPSA) is 54.7 Å². The zero-order chi connectivity index (χ0) is 16.5. The van der Waals surface area contributed by atoms with E-state index >= 15 is 0 Å². The molecular weight excluding hydrogens is 302 g/mol. The Morgan fingerprint density at radius 3 is 2.75 bits per heavy atom. The van der Waals surface area contributed by atoms with Crippen molar-refractivity contribution in [2.24, 2.45) is 5.92 Å². The Bertz CT molecular complexity index is 808. The molecule has 2 aromatic heterocycles. The molecule has 1 saturated heterocycles. The van der Waals surface area contributed by atoms with Gasteiger partial charge in [-0.25, -0.2) is 4.98 Å². The molecule has 1 amide bonds. The maximum absolute atomic E-state index is 13.0. The monoisotopic (exact) mass is 325 g/mol. The number of aromatic nitrogens is 2. The first-order chi connectivity index (χ1) is 11.8. The van der Waals surface area contributed by atoms with Crippen molar-refractivity contribution in [1.29, 1.82) is 0 Å². The van der Waals surface area contributed by atoms with Crippen LogP contribution in [0.4, 0.5) is 0 Å². The largest absolute Gasteiger partial charge is 0.335 e. The Balaban J connectivity index is 1.65. The molecule has 126 valence electrons. The van der Waals surface area contributed by atoms with Gasteiger partial charge in [-0.05, 0) is 43.7 Å². The van der Waals surface area contributed by atoms with Crippen LogP contribution in [0.5, 0.6) is 0 Å². The predicted molar refractivity (Wildman–Crippen MR) is 92.1 cm³/mol. The van der Waals surface area contributed by atoms with E-state index in [4.69, 9.17) is 0 Å². The fourth-order valence-electron chi connectivity index (χ4n) is 4.38. The van der Waals surface area contributed by atoms with Crippen molar-refractivity contribution < 1.29 is 4.79 Å². The molecule has 1 unspecified atom stereocenters. The third-order valence-corrected chi connectivity index (χ3v) is 5.60. The molecule has 5 heteroatoms. The van der Waals surface area contributed by atoms with Crippen molar-refractivity contribution in [3.8, 4) is 0 Å². The standard InChI is InChI=1S/C19H23N3O2/c23-18(15-13-20-17-10-4-5-11-22(17)19(15)24)21-12-6-9-16(21)14-7-2-1-3-8-14/h4-5,10-11,13-14,16H,1-3,6-9,12H2. The first-order valence-electron chi connectivity index (χ1n) is 9.03. The first kappa shape index (κ1) is 15.4. The highest BCUT2D eigenvalue weighted by molar-refractivity contribution is 5.94. The normalized spacial score (nSPS) is 22.2. The van der Waals surface area contributed by atoms with Gasteiger partial charge in [0.25, 0.3) is 11.5 Å². The summed E-state index contributed by atoms with van der Waals surface area (Å²) in [5.41, 5.74) is 0.505. The zero-order valence-electron chi connectivity index (χ0n) is 13.9. The van der Waals surface area contributed by atoms with Crippen LogP contribution in [-0.2, 0) is 0 Å². The van der Waals surface area contributed by atoms with Crippen LogP contribution in [0.15, 0.2) is 35.4 Å². The summed E-state index contributed by atoms with van der Waals surface area (Å²) in [6.07, 6.45) is 11.5. The molecular formula is C19H23N3O2. The van der Waals surface area contributed by atoms with Gasteiger partial charge in [-0.3, -0.25) is 14.0 Å². The second kappa shape index (κ2) is 6.38. The van der Waals surface area contributed by atoms with Gasteiger partial charge in [0, 0.05) is 25.0 Å². The Labute approximate surface area is 141 Å². The van der Waals surface area contributed by atoms with E-state index in [1.807, 2.05) is 11.0 Å². The maximum atomic E-state index is 13.0. The average molecular weight is 325 g/mol. The molecule has 3 heterocycles. The third-order valence-electron chi connectivity index (χ3n) is 5.60. The highest BCUT2D eigenvalue weighted by atomic mass is 16.2. The van der Waals surface area contributed by atoms with Crippen LogP contribution >= 0.6 is 0 Å². The molecule has 24 heavy (non-hydrogen) atoms. The number of nitrogens with zero attached hydrogens (tertiary/aromatic N) is 3. The zero-order valence-corrected chi connectivity index (χ0v) is 13.9. The lowest BCUT2D eigenvalue weighted by molar-refractivity contribution is 0.0659. The molecule has 2 fully saturated rings. The lowest BCUT2D eigenvalue weighted by Crippen LogP contribution is -2.43. The lowest BCUT2D eigenvalue weighted by Gasteiger charge is -2.34. The molecule has 0 spiro atoms. The summed E-state index contributed by atoms with van der Waals surface area (Å²) in [7, 11) is 0. The number of hydrogen-bond donors (Lipinski definition) is 0. The first-order valence-corrected chi connectivity index (χ1v) is 9.03. The van der Waals surface area contributed by atoms with Gasteiger partial charge >= 0.3 is 0 Å². The highest BCUT2D eigenvalue weighted by Gasteiger charge is 2.36. The van der Waals surface area contributed by atoms with Gasteiger partial charge in [0.15, 0.2) is 0 Å². The summed E-state index contributed by atoms with van der Waals surface area (Å²) < 4.78 is 1.46. The van der Waals surface area contributed by atoms with Crippen LogP contribution in [0.3, 0.4) is 0 Å². The quantitative estimate of drug-likeness (QED) is 0.853. The molecule has 2 aromatic rings. The second-order valence-corrected chi connectivity index (χ2v) is 7.01. The van der Waals surface area contributed by atoms with Crippen molar-refractivity contribution in [1.82, 2.24) is 14.3 Å². The maximum Gasteiger partial charge on any atom is 0.270 e. The minimum Gasteiger partial charge on any atom is -0.335 e. The van der Waals surface area contributed by atoms with Crippen molar-refractivity contribution in [3.63, 3.8) is 0 Å². The van der Waals surface area contributed by atoms with E-state index < -0.39 is 0 Å². The van der Waals surface area contributed by atoms with Crippen LogP contribution in [0.2, 0.25) is 0 Å². The third kappa shape index (κ3) is 2.62. The van der Waals surface area contributed by atoms with E-state index in [1.54, 1.807) is 18.3 Å². The molecule has 5 nitrogen and oxygen atoms in total. The van der Waals surface area contributed by atoms with Gasteiger partial charge in [0.05, 0.1) is 0 Å². The van der Waals surface area contributed by atoms with Gasteiger partial charge in [-0.15, -0.1) is 0 Å². The van der Waals surface area contributed by atoms with Crippen molar-refractivity contribution in [2.45, 2.75) is 51.0 Å². The van der Waals surface area contributed by atoms with E-state index in [9.17, 15) is 9.59 Å². The summed E-state index contributed by atoms with van der Waals surface area (Å²) in [6.45, 7) is 0.761. The summed E-state index contributed by atoms with van der Waals surface area (Å²) in [5, 5.41) is 0. The smallest absolute Gasteiger partial charge is 0.270 e. The fourth-order valence-corrected chi connectivity index (χ4v) is 4.38. The number of carbonyl (C=O) groups is 1. The summed E-state index contributed by atoms with van der Waals surface area (Å²) in [4.78, 5) is 32.0. The van der Waals surface area contributed by atoms with Crippen LogP contribution in [-0.4, -0.2) is 32.8 Å². The minimum atomic E-state index is -0.264. The van der Waals surface area contributed by atoms with Gasteiger partial charge in [-0.1, -0.05) is 25.3 Å². The number of hydrogen-bond acceptors (Lipinski definition) is 3. The van der Waals surface area contributed by atoms with Gasteiger partial charge in [0.1, 0.15) is 11.2 Å². The number of fused-ring (bicyclic) bond motifs is 1. The Kier molecular flexibility index (Phi) is 4.08. The Morgan fingerprint density at radius 2 is 1.92 bits per heavy atom. The van der Waals surface area contributed by atoms with E-state index in [-0.39, 0.29) is 17.0 Å². The minimum absolute atomic E-state index is 0.140. The Hall–Kier alpha value is -2.17. The van der Waals surface area contributed by atoms with Crippen molar-refractivity contribution in [3.05, 3.63) is 46.5 Å². The number of likely N-dealkylation sites (tertiary alicyclic amines) is 1. The van der Waals surface area contributed by atoms with Gasteiger partial charge < -0.3 is 4.90 Å². The number of pyridine rings is 1.